The van der Waals surface area contributed by atoms with E-state index in [1.807, 2.05) is 36.4 Å². The van der Waals surface area contributed by atoms with Crippen LogP contribution >= 0.6 is 27.5 Å². The summed E-state index contributed by atoms with van der Waals surface area (Å²) in [6, 6.07) is 11.8. The molecule has 0 saturated heterocycles. The van der Waals surface area contributed by atoms with E-state index in [1.54, 1.807) is 7.11 Å². The highest BCUT2D eigenvalue weighted by Crippen LogP contribution is 2.35. The third-order valence-corrected chi connectivity index (χ3v) is 3.81. The Morgan fingerprint density at radius 1 is 1.05 bits per heavy atom. The molecule has 0 aromatic heterocycles. The van der Waals surface area contributed by atoms with Gasteiger partial charge in [-0.2, -0.15) is 0 Å². The summed E-state index contributed by atoms with van der Waals surface area (Å²) < 4.78 is 12.3. The average Bonchev–Trinajstić information content (AvgIpc) is 2.48. The summed E-state index contributed by atoms with van der Waals surface area (Å²) in [5.41, 5.74) is 2.15. The smallest absolute Gasteiger partial charge is 0.169 e. The van der Waals surface area contributed by atoms with Gasteiger partial charge in [-0.05, 0) is 36.2 Å². The predicted molar refractivity (Wildman–Crippen MR) is 86.1 cm³/mol. The van der Waals surface area contributed by atoms with Gasteiger partial charge in [-0.3, -0.25) is 0 Å². The lowest BCUT2D eigenvalue weighted by atomic mass is 10.1. The van der Waals surface area contributed by atoms with Crippen LogP contribution in [0.25, 0.3) is 0 Å². The summed E-state index contributed by atoms with van der Waals surface area (Å²) >= 11 is 9.39. The number of hydrogen-bond acceptors (Lipinski definition) is 2. The first-order valence-electron chi connectivity index (χ1n) is 6.37. The third kappa shape index (κ3) is 3.47. The quantitative estimate of drug-likeness (QED) is 0.655. The molecule has 2 aromatic rings. The fourth-order valence-electron chi connectivity index (χ4n) is 1.87. The van der Waals surface area contributed by atoms with Gasteiger partial charge in [0.2, 0.25) is 0 Å². The third-order valence-electron chi connectivity index (χ3n) is 3.03. The van der Waals surface area contributed by atoms with Crippen molar-refractivity contribution < 1.29 is 9.47 Å². The molecule has 0 N–H and O–H groups in total. The van der Waals surface area contributed by atoms with Crippen LogP contribution in [0.1, 0.15) is 18.1 Å². The Labute approximate surface area is 132 Å². The maximum atomic E-state index is 5.96. The van der Waals surface area contributed by atoms with Gasteiger partial charge < -0.3 is 9.47 Å². The molecule has 106 valence electrons. The van der Waals surface area contributed by atoms with Crippen LogP contribution in [0.5, 0.6) is 17.2 Å². The zero-order chi connectivity index (χ0) is 14.5. The lowest BCUT2D eigenvalue weighted by molar-refractivity contribution is 0.377. The minimum absolute atomic E-state index is 0.401. The van der Waals surface area contributed by atoms with Gasteiger partial charge in [-0.25, -0.2) is 0 Å². The van der Waals surface area contributed by atoms with Crippen molar-refractivity contribution in [1.82, 2.24) is 0 Å². The van der Waals surface area contributed by atoms with Gasteiger partial charge in [-0.15, -0.1) is 11.6 Å². The number of aryl methyl sites for hydroxylation is 1. The summed E-state index contributed by atoms with van der Waals surface area (Å²) in [5, 5.41) is 0. The number of ether oxygens (including phenoxy) is 2. The molecule has 0 atom stereocenters. The summed E-state index contributed by atoms with van der Waals surface area (Å²) in [6.07, 6.45) is 0.959. The average molecular weight is 356 g/mol. The highest BCUT2D eigenvalue weighted by atomic mass is 79.9. The SMILES string of the molecule is CCc1ccc(Oc2cc(Br)ccc2CCl)c(OC)c1. The fourth-order valence-corrected chi connectivity index (χ4v) is 2.43. The molecule has 4 heteroatoms. The van der Waals surface area contributed by atoms with Crippen LogP contribution in [0.2, 0.25) is 0 Å². The van der Waals surface area contributed by atoms with Crippen LogP contribution in [-0.2, 0) is 12.3 Å². The Balaban J connectivity index is 2.36. The monoisotopic (exact) mass is 354 g/mol. The Bertz CT molecular complexity index is 599. The van der Waals surface area contributed by atoms with Gasteiger partial charge in [0.05, 0.1) is 13.0 Å². The molecule has 0 radical (unpaired) electrons. The lowest BCUT2D eigenvalue weighted by Gasteiger charge is -2.14. The number of hydrogen-bond donors (Lipinski definition) is 0. The van der Waals surface area contributed by atoms with E-state index in [0.29, 0.717) is 11.6 Å². The van der Waals surface area contributed by atoms with E-state index < -0.39 is 0 Å². The van der Waals surface area contributed by atoms with Crippen LogP contribution < -0.4 is 9.47 Å². The molecule has 20 heavy (non-hydrogen) atoms. The fraction of sp³-hybridized carbons (Fsp3) is 0.250. The van der Waals surface area contributed by atoms with E-state index in [4.69, 9.17) is 21.1 Å². The van der Waals surface area contributed by atoms with Crippen LogP contribution in [-0.4, -0.2) is 7.11 Å². The first-order chi connectivity index (χ1) is 9.67. The molecule has 0 fully saturated rings. The Morgan fingerprint density at radius 3 is 2.50 bits per heavy atom. The lowest BCUT2D eigenvalue weighted by Crippen LogP contribution is -1.94. The van der Waals surface area contributed by atoms with Crippen molar-refractivity contribution in [3.8, 4) is 17.2 Å². The molecule has 0 bridgehead atoms. The predicted octanol–water partition coefficient (Wildman–Crippen LogP) is 5.55. The standard InChI is InChI=1S/C16H16BrClO2/c1-3-11-4-7-14(16(8-11)19-2)20-15-9-13(17)6-5-12(15)10-18/h4-9H,3,10H2,1-2H3. The second-order valence-corrected chi connectivity index (χ2v) is 5.51. The second kappa shape index (κ2) is 7.00. The largest absolute Gasteiger partial charge is 0.493 e. The summed E-state index contributed by atoms with van der Waals surface area (Å²) in [4.78, 5) is 0. The van der Waals surface area contributed by atoms with Gasteiger partial charge in [0, 0.05) is 10.0 Å². The van der Waals surface area contributed by atoms with Gasteiger partial charge >= 0.3 is 0 Å². The Hall–Kier alpha value is -1.19. The molecule has 2 nitrogen and oxygen atoms in total. The first kappa shape index (κ1) is 15.2. The number of benzene rings is 2. The van der Waals surface area contributed by atoms with Gasteiger partial charge in [-0.1, -0.05) is 35.0 Å². The van der Waals surface area contributed by atoms with Crippen LogP contribution in [0.15, 0.2) is 40.9 Å². The summed E-state index contributed by atoms with van der Waals surface area (Å²) in [6.45, 7) is 2.11. The zero-order valence-corrected chi connectivity index (χ0v) is 13.8. The van der Waals surface area contributed by atoms with Crippen molar-refractivity contribution in [1.29, 1.82) is 0 Å². The number of methoxy groups -OCH3 is 1. The minimum atomic E-state index is 0.401. The Kier molecular flexibility index (Phi) is 5.32. The van der Waals surface area contributed by atoms with Crippen molar-refractivity contribution >= 4 is 27.5 Å². The number of rotatable bonds is 5. The van der Waals surface area contributed by atoms with E-state index in [1.165, 1.54) is 5.56 Å². The van der Waals surface area contributed by atoms with E-state index in [0.717, 1.165) is 28.0 Å². The van der Waals surface area contributed by atoms with Gasteiger partial charge in [0.15, 0.2) is 11.5 Å². The maximum Gasteiger partial charge on any atom is 0.169 e. The molecular weight excluding hydrogens is 340 g/mol. The highest BCUT2D eigenvalue weighted by Gasteiger charge is 2.10. The first-order valence-corrected chi connectivity index (χ1v) is 7.69. The highest BCUT2D eigenvalue weighted by molar-refractivity contribution is 9.10. The molecule has 0 spiro atoms. The van der Waals surface area contributed by atoms with E-state index in [2.05, 4.69) is 22.9 Å². The molecular formula is C16H16BrClO2. The van der Waals surface area contributed by atoms with Gasteiger partial charge in [0.25, 0.3) is 0 Å². The number of alkyl halides is 1. The molecule has 0 saturated carbocycles. The summed E-state index contributed by atoms with van der Waals surface area (Å²) in [7, 11) is 1.64. The van der Waals surface area contributed by atoms with Crippen molar-refractivity contribution in [2.24, 2.45) is 0 Å². The molecule has 2 rings (SSSR count). The van der Waals surface area contributed by atoms with Crippen LogP contribution in [0, 0.1) is 0 Å². The zero-order valence-electron chi connectivity index (χ0n) is 11.5. The Morgan fingerprint density at radius 2 is 1.85 bits per heavy atom. The van der Waals surface area contributed by atoms with Crippen molar-refractivity contribution in [2.75, 3.05) is 7.11 Å². The van der Waals surface area contributed by atoms with Crippen LogP contribution in [0.3, 0.4) is 0 Å². The molecule has 0 aliphatic carbocycles. The van der Waals surface area contributed by atoms with Gasteiger partial charge in [0.1, 0.15) is 5.75 Å². The topological polar surface area (TPSA) is 18.5 Å². The minimum Gasteiger partial charge on any atom is -0.493 e. The molecule has 2 aromatic carbocycles. The molecule has 0 aliphatic heterocycles. The van der Waals surface area contributed by atoms with Crippen molar-refractivity contribution in [3.05, 3.63) is 52.0 Å². The maximum absolute atomic E-state index is 5.96. The molecule has 0 unspecified atom stereocenters. The molecule has 0 amide bonds. The molecule has 0 aliphatic rings. The number of halogens is 2. The second-order valence-electron chi connectivity index (χ2n) is 4.33. The normalized spacial score (nSPS) is 10.4. The van der Waals surface area contributed by atoms with Crippen molar-refractivity contribution in [2.45, 2.75) is 19.2 Å². The van der Waals surface area contributed by atoms with Crippen LogP contribution in [0.4, 0.5) is 0 Å². The summed E-state index contributed by atoms with van der Waals surface area (Å²) in [5.74, 6) is 2.55. The molecule has 0 heterocycles. The van der Waals surface area contributed by atoms with E-state index in [-0.39, 0.29) is 0 Å². The van der Waals surface area contributed by atoms with E-state index >= 15 is 0 Å². The van der Waals surface area contributed by atoms with Crippen molar-refractivity contribution in [3.63, 3.8) is 0 Å². The van der Waals surface area contributed by atoms with E-state index in [9.17, 15) is 0 Å².